The first-order chi connectivity index (χ1) is 9.83. The number of likely N-dealkylation sites (tertiary alicyclic amines) is 1. The number of aromatic nitrogens is 1. The van der Waals surface area contributed by atoms with Gasteiger partial charge in [-0.25, -0.2) is 4.99 Å². The summed E-state index contributed by atoms with van der Waals surface area (Å²) in [5, 5.41) is 1.16. The first kappa shape index (κ1) is 12.9. The average molecular weight is 268 g/mol. The number of rotatable bonds is 2. The molecule has 0 unspecified atom stereocenters. The molecule has 4 heteroatoms. The molecule has 0 amide bonds. The summed E-state index contributed by atoms with van der Waals surface area (Å²) in [5.41, 5.74) is 8.03. The van der Waals surface area contributed by atoms with Crippen LogP contribution in [-0.2, 0) is 6.54 Å². The van der Waals surface area contributed by atoms with Gasteiger partial charge in [0.2, 0.25) is 0 Å². The summed E-state index contributed by atoms with van der Waals surface area (Å²) in [7, 11) is 0. The van der Waals surface area contributed by atoms with E-state index in [1.807, 2.05) is 24.3 Å². The summed E-state index contributed by atoms with van der Waals surface area (Å²) in [6.07, 6.45) is 3.73. The Morgan fingerprint density at radius 2 is 1.90 bits per heavy atom. The number of nitrogens with two attached hydrogens (primary N) is 1. The molecule has 0 radical (unpaired) electrons. The molecule has 20 heavy (non-hydrogen) atoms. The summed E-state index contributed by atoms with van der Waals surface area (Å²) >= 11 is 0. The molecule has 1 aromatic carbocycles. The van der Waals surface area contributed by atoms with Crippen molar-refractivity contribution in [3.05, 3.63) is 42.1 Å². The lowest BCUT2D eigenvalue weighted by atomic mass is 10.1. The van der Waals surface area contributed by atoms with Gasteiger partial charge in [0.1, 0.15) is 0 Å². The van der Waals surface area contributed by atoms with Crippen LogP contribution >= 0.6 is 0 Å². The van der Waals surface area contributed by atoms with Crippen molar-refractivity contribution in [2.75, 3.05) is 13.1 Å². The van der Waals surface area contributed by atoms with E-state index >= 15 is 0 Å². The summed E-state index contributed by atoms with van der Waals surface area (Å²) < 4.78 is 0. The third-order valence-corrected chi connectivity index (χ3v) is 3.74. The van der Waals surface area contributed by atoms with Gasteiger partial charge >= 0.3 is 0 Å². The minimum atomic E-state index is 0.549. The Balaban J connectivity index is 1.72. The fraction of sp³-hybridized carbons (Fsp3) is 0.375. The van der Waals surface area contributed by atoms with Gasteiger partial charge < -0.3 is 10.6 Å². The van der Waals surface area contributed by atoms with Crippen LogP contribution in [0.3, 0.4) is 0 Å². The zero-order valence-corrected chi connectivity index (χ0v) is 11.6. The maximum atomic E-state index is 6.06. The van der Waals surface area contributed by atoms with E-state index in [2.05, 4.69) is 27.0 Å². The average Bonchev–Trinajstić information content (AvgIpc) is 2.53. The van der Waals surface area contributed by atoms with Crippen molar-refractivity contribution in [1.29, 1.82) is 0 Å². The Morgan fingerprint density at radius 1 is 1.10 bits per heavy atom. The second kappa shape index (κ2) is 5.90. The fourth-order valence-corrected chi connectivity index (χ4v) is 2.58. The lowest BCUT2D eigenvalue weighted by Gasteiger charge is -2.27. The van der Waals surface area contributed by atoms with E-state index in [9.17, 15) is 0 Å². The van der Waals surface area contributed by atoms with Crippen LogP contribution in [0.15, 0.2) is 41.4 Å². The topological polar surface area (TPSA) is 54.5 Å². The number of pyridine rings is 1. The number of guanidine groups is 1. The highest BCUT2D eigenvalue weighted by atomic mass is 15.3. The van der Waals surface area contributed by atoms with Gasteiger partial charge in [0.15, 0.2) is 5.96 Å². The molecule has 4 nitrogen and oxygen atoms in total. The maximum Gasteiger partial charge on any atom is 0.191 e. The zero-order chi connectivity index (χ0) is 13.8. The highest BCUT2D eigenvalue weighted by Gasteiger charge is 2.11. The van der Waals surface area contributed by atoms with Gasteiger partial charge in [-0.2, -0.15) is 0 Å². The third kappa shape index (κ3) is 2.90. The molecule has 1 aliphatic rings. The molecule has 0 atom stereocenters. The second-order valence-electron chi connectivity index (χ2n) is 5.22. The normalized spacial score (nSPS) is 16.6. The maximum absolute atomic E-state index is 6.06. The molecule has 1 saturated heterocycles. The zero-order valence-electron chi connectivity index (χ0n) is 11.6. The molecule has 0 bridgehead atoms. The van der Waals surface area contributed by atoms with E-state index in [0.29, 0.717) is 12.5 Å². The van der Waals surface area contributed by atoms with Gasteiger partial charge in [-0.3, -0.25) is 4.98 Å². The minimum Gasteiger partial charge on any atom is -0.370 e. The first-order valence-corrected chi connectivity index (χ1v) is 7.22. The van der Waals surface area contributed by atoms with Gasteiger partial charge in [0.05, 0.1) is 17.8 Å². The van der Waals surface area contributed by atoms with E-state index in [-0.39, 0.29) is 0 Å². The third-order valence-electron chi connectivity index (χ3n) is 3.74. The van der Waals surface area contributed by atoms with Crippen molar-refractivity contribution >= 4 is 16.9 Å². The van der Waals surface area contributed by atoms with Gasteiger partial charge in [-0.1, -0.05) is 24.3 Å². The lowest BCUT2D eigenvalue weighted by molar-refractivity contribution is 0.338. The van der Waals surface area contributed by atoms with Gasteiger partial charge in [-0.05, 0) is 31.4 Å². The van der Waals surface area contributed by atoms with E-state index in [1.165, 1.54) is 19.3 Å². The SMILES string of the molecule is NC(=NCc1ccc2ccccc2n1)N1CCCCC1. The monoisotopic (exact) mass is 268 g/mol. The number of fused-ring (bicyclic) bond motifs is 1. The van der Waals surface area contributed by atoms with Crippen LogP contribution in [0.5, 0.6) is 0 Å². The van der Waals surface area contributed by atoms with Crippen molar-refractivity contribution in [3.8, 4) is 0 Å². The fourth-order valence-electron chi connectivity index (χ4n) is 2.58. The molecule has 1 aromatic heterocycles. The van der Waals surface area contributed by atoms with E-state index in [4.69, 9.17) is 5.73 Å². The number of hydrogen-bond acceptors (Lipinski definition) is 2. The first-order valence-electron chi connectivity index (χ1n) is 7.22. The number of para-hydroxylation sites is 1. The highest BCUT2D eigenvalue weighted by molar-refractivity contribution is 5.79. The number of piperidine rings is 1. The van der Waals surface area contributed by atoms with Crippen LogP contribution in [-0.4, -0.2) is 28.9 Å². The number of nitrogens with zero attached hydrogens (tertiary/aromatic N) is 3. The Morgan fingerprint density at radius 3 is 2.75 bits per heavy atom. The number of aliphatic imine (C=N–C) groups is 1. The van der Waals surface area contributed by atoms with Gasteiger partial charge in [0.25, 0.3) is 0 Å². The Bertz CT molecular complexity index is 615. The predicted octanol–water partition coefficient (Wildman–Crippen LogP) is 2.54. The molecule has 1 fully saturated rings. The summed E-state index contributed by atoms with van der Waals surface area (Å²) in [5.74, 6) is 0.652. The highest BCUT2D eigenvalue weighted by Crippen LogP contribution is 2.13. The molecular weight excluding hydrogens is 248 g/mol. The van der Waals surface area contributed by atoms with Crippen LogP contribution in [0.4, 0.5) is 0 Å². The predicted molar refractivity (Wildman–Crippen MR) is 82.5 cm³/mol. The van der Waals surface area contributed by atoms with Crippen LogP contribution in [0, 0.1) is 0 Å². The molecular formula is C16H20N4. The molecule has 1 aliphatic heterocycles. The van der Waals surface area contributed by atoms with Crippen molar-refractivity contribution < 1.29 is 0 Å². The van der Waals surface area contributed by atoms with E-state index in [0.717, 1.165) is 29.7 Å². The summed E-state index contributed by atoms with van der Waals surface area (Å²) in [4.78, 5) is 11.3. The van der Waals surface area contributed by atoms with Crippen LogP contribution < -0.4 is 5.73 Å². The molecule has 0 aliphatic carbocycles. The molecule has 2 N–H and O–H groups in total. The molecule has 0 spiro atoms. The number of hydrogen-bond donors (Lipinski definition) is 1. The van der Waals surface area contributed by atoms with Crippen molar-refractivity contribution in [2.24, 2.45) is 10.7 Å². The standard InChI is InChI=1S/C16H20N4/c17-16(20-10-4-1-5-11-20)18-12-14-9-8-13-6-2-3-7-15(13)19-14/h2-3,6-9H,1,4-5,10-12H2,(H2,17,18). The Kier molecular flexibility index (Phi) is 3.81. The number of benzene rings is 1. The second-order valence-corrected chi connectivity index (χ2v) is 5.22. The van der Waals surface area contributed by atoms with Gasteiger partial charge in [0, 0.05) is 18.5 Å². The van der Waals surface area contributed by atoms with Crippen molar-refractivity contribution in [3.63, 3.8) is 0 Å². The van der Waals surface area contributed by atoms with E-state index in [1.54, 1.807) is 0 Å². The van der Waals surface area contributed by atoms with E-state index < -0.39 is 0 Å². The molecule has 3 rings (SSSR count). The largest absolute Gasteiger partial charge is 0.370 e. The quantitative estimate of drug-likeness (QED) is 0.672. The molecule has 0 saturated carbocycles. The Labute approximate surface area is 119 Å². The summed E-state index contributed by atoms with van der Waals surface area (Å²) in [6, 6.07) is 12.2. The van der Waals surface area contributed by atoms with Crippen LogP contribution in [0.1, 0.15) is 25.0 Å². The van der Waals surface area contributed by atoms with Crippen LogP contribution in [0.25, 0.3) is 10.9 Å². The Hall–Kier alpha value is -2.10. The van der Waals surface area contributed by atoms with Crippen molar-refractivity contribution in [1.82, 2.24) is 9.88 Å². The minimum absolute atomic E-state index is 0.549. The van der Waals surface area contributed by atoms with Crippen LogP contribution in [0.2, 0.25) is 0 Å². The van der Waals surface area contributed by atoms with Crippen molar-refractivity contribution in [2.45, 2.75) is 25.8 Å². The lowest BCUT2D eigenvalue weighted by Crippen LogP contribution is -2.40. The van der Waals surface area contributed by atoms with Gasteiger partial charge in [-0.15, -0.1) is 0 Å². The molecule has 104 valence electrons. The summed E-state index contributed by atoms with van der Waals surface area (Å²) in [6.45, 7) is 2.61. The molecule has 2 aromatic rings. The molecule has 2 heterocycles. The smallest absolute Gasteiger partial charge is 0.191 e.